The maximum absolute atomic E-state index is 12.8. The van der Waals surface area contributed by atoms with Crippen molar-refractivity contribution in [2.24, 2.45) is 5.92 Å². The largest absolute Gasteiger partial charge is 0.435 e. The monoisotopic (exact) mass is 392 g/mol. The van der Waals surface area contributed by atoms with Crippen molar-refractivity contribution in [2.45, 2.75) is 45.2 Å². The van der Waals surface area contributed by atoms with Crippen LogP contribution in [-0.2, 0) is 14.2 Å². The molecule has 1 saturated heterocycles. The summed E-state index contributed by atoms with van der Waals surface area (Å²) in [7, 11) is 0. The molecule has 5 nitrogen and oxygen atoms in total. The molecule has 0 bridgehead atoms. The molecule has 1 aliphatic rings. The fraction of sp³-hybridized carbons (Fsp3) is 0.333. The summed E-state index contributed by atoms with van der Waals surface area (Å²) < 4.78 is 17.6. The Morgan fingerprint density at radius 3 is 2.07 bits per heavy atom. The van der Waals surface area contributed by atoms with Gasteiger partial charge in [0.05, 0.1) is 17.2 Å². The Balaban J connectivity index is 1.94. The van der Waals surface area contributed by atoms with Crippen LogP contribution in [0, 0.1) is 17.8 Å². The quantitative estimate of drug-likeness (QED) is 0.563. The van der Waals surface area contributed by atoms with Crippen LogP contribution in [0.1, 0.15) is 47.9 Å². The van der Waals surface area contributed by atoms with Crippen molar-refractivity contribution in [3.63, 3.8) is 0 Å². The van der Waals surface area contributed by atoms with E-state index in [1.807, 2.05) is 26.0 Å². The van der Waals surface area contributed by atoms with Crippen LogP contribution in [-0.4, -0.2) is 29.9 Å². The lowest BCUT2D eigenvalue weighted by atomic mass is 9.86. The van der Waals surface area contributed by atoms with Crippen LogP contribution in [0.25, 0.3) is 0 Å². The third-order valence-corrected chi connectivity index (χ3v) is 5.10. The van der Waals surface area contributed by atoms with Gasteiger partial charge in [-0.05, 0) is 43.5 Å². The summed E-state index contributed by atoms with van der Waals surface area (Å²) in [5.74, 6) is 4.42. The van der Waals surface area contributed by atoms with Crippen molar-refractivity contribution in [1.82, 2.24) is 0 Å². The van der Waals surface area contributed by atoms with Crippen molar-refractivity contribution in [1.29, 1.82) is 0 Å². The summed E-state index contributed by atoms with van der Waals surface area (Å²) >= 11 is 0. The average molecular weight is 392 g/mol. The van der Waals surface area contributed by atoms with Crippen LogP contribution in [0.5, 0.6) is 0 Å². The van der Waals surface area contributed by atoms with E-state index in [4.69, 9.17) is 14.2 Å². The second kappa shape index (κ2) is 8.93. The molecule has 4 atom stereocenters. The molecule has 5 heteroatoms. The zero-order valence-corrected chi connectivity index (χ0v) is 16.8. The van der Waals surface area contributed by atoms with E-state index in [9.17, 15) is 9.59 Å². The summed E-state index contributed by atoms with van der Waals surface area (Å²) in [6.45, 7) is 5.51. The van der Waals surface area contributed by atoms with Gasteiger partial charge in [-0.15, -0.1) is 5.92 Å². The van der Waals surface area contributed by atoms with E-state index in [1.54, 1.807) is 55.5 Å². The molecule has 0 spiro atoms. The highest BCUT2D eigenvalue weighted by Gasteiger charge is 2.58. The number of esters is 2. The summed E-state index contributed by atoms with van der Waals surface area (Å²) in [6.07, 6.45) is -0.736. The van der Waals surface area contributed by atoms with Crippen LogP contribution < -0.4 is 0 Å². The molecule has 29 heavy (non-hydrogen) atoms. The molecule has 0 N–H and O–H groups in total. The smallest absolute Gasteiger partial charge is 0.340 e. The third-order valence-electron chi connectivity index (χ3n) is 5.10. The predicted molar refractivity (Wildman–Crippen MR) is 108 cm³/mol. The van der Waals surface area contributed by atoms with Gasteiger partial charge in [-0.25, -0.2) is 9.59 Å². The first-order valence-corrected chi connectivity index (χ1v) is 9.65. The first-order chi connectivity index (χ1) is 14.0. The SMILES string of the molecule is CC#C[C@]1(OC(=O)c2ccccc2)[C@@H](OC(=O)c2ccccc2)O[C@H](CC)[C@H]1C. The van der Waals surface area contributed by atoms with Crippen molar-refractivity contribution in [2.75, 3.05) is 0 Å². The lowest BCUT2D eigenvalue weighted by Gasteiger charge is -2.31. The maximum Gasteiger partial charge on any atom is 0.340 e. The predicted octanol–water partition coefficient (Wildman–Crippen LogP) is 4.23. The van der Waals surface area contributed by atoms with E-state index in [2.05, 4.69) is 11.8 Å². The number of benzene rings is 2. The van der Waals surface area contributed by atoms with Crippen LogP contribution in [0.15, 0.2) is 60.7 Å². The molecule has 150 valence electrons. The Hall–Kier alpha value is -3.10. The maximum atomic E-state index is 12.8. The second-order valence-electron chi connectivity index (χ2n) is 6.90. The Morgan fingerprint density at radius 1 is 1.00 bits per heavy atom. The first-order valence-electron chi connectivity index (χ1n) is 9.65. The number of hydrogen-bond acceptors (Lipinski definition) is 5. The summed E-state index contributed by atoms with van der Waals surface area (Å²) in [6, 6.07) is 17.3. The lowest BCUT2D eigenvalue weighted by molar-refractivity contribution is -0.156. The first kappa shape index (κ1) is 20.6. The van der Waals surface area contributed by atoms with Crippen LogP contribution in [0.3, 0.4) is 0 Å². The summed E-state index contributed by atoms with van der Waals surface area (Å²) in [4.78, 5) is 25.5. The van der Waals surface area contributed by atoms with E-state index < -0.39 is 23.8 Å². The van der Waals surface area contributed by atoms with Gasteiger partial charge in [0.15, 0.2) is 0 Å². The fourth-order valence-corrected chi connectivity index (χ4v) is 3.49. The van der Waals surface area contributed by atoms with Crippen molar-refractivity contribution >= 4 is 11.9 Å². The van der Waals surface area contributed by atoms with Gasteiger partial charge >= 0.3 is 11.9 Å². The minimum Gasteiger partial charge on any atom is -0.435 e. The highest BCUT2D eigenvalue weighted by atomic mass is 16.7. The zero-order chi connectivity index (χ0) is 20.9. The van der Waals surface area contributed by atoms with E-state index in [0.29, 0.717) is 17.5 Å². The van der Waals surface area contributed by atoms with Gasteiger partial charge in [-0.1, -0.05) is 50.2 Å². The van der Waals surface area contributed by atoms with E-state index in [1.165, 1.54) is 0 Å². The number of hydrogen-bond donors (Lipinski definition) is 0. The molecule has 0 saturated carbocycles. The van der Waals surface area contributed by atoms with Gasteiger partial charge < -0.3 is 14.2 Å². The van der Waals surface area contributed by atoms with Crippen LogP contribution in [0.2, 0.25) is 0 Å². The molecule has 1 fully saturated rings. The molecule has 0 aromatic heterocycles. The lowest BCUT2D eigenvalue weighted by Crippen LogP contribution is -2.48. The van der Waals surface area contributed by atoms with Gasteiger partial charge in [0.1, 0.15) is 0 Å². The Morgan fingerprint density at radius 2 is 1.55 bits per heavy atom. The molecule has 3 rings (SSSR count). The number of rotatable bonds is 5. The second-order valence-corrected chi connectivity index (χ2v) is 6.90. The molecule has 0 unspecified atom stereocenters. The molecule has 0 radical (unpaired) electrons. The Bertz CT molecular complexity index is 913. The summed E-state index contributed by atoms with van der Waals surface area (Å²) in [5, 5.41) is 0. The average Bonchev–Trinajstić information content (AvgIpc) is 3.00. The highest BCUT2D eigenvalue weighted by Crippen LogP contribution is 2.41. The molecule has 0 aliphatic carbocycles. The molecular weight excluding hydrogens is 368 g/mol. The van der Waals surface area contributed by atoms with Crippen molar-refractivity contribution in [3.05, 3.63) is 71.8 Å². The van der Waals surface area contributed by atoms with Gasteiger partial charge in [0.2, 0.25) is 5.60 Å². The fourth-order valence-electron chi connectivity index (χ4n) is 3.49. The molecule has 2 aromatic rings. The third kappa shape index (κ3) is 4.18. The van der Waals surface area contributed by atoms with Gasteiger partial charge in [0.25, 0.3) is 6.29 Å². The molecule has 1 heterocycles. The highest BCUT2D eigenvalue weighted by molar-refractivity contribution is 5.90. The van der Waals surface area contributed by atoms with Crippen LogP contribution in [0.4, 0.5) is 0 Å². The summed E-state index contributed by atoms with van der Waals surface area (Å²) in [5.41, 5.74) is -0.617. The van der Waals surface area contributed by atoms with Crippen molar-refractivity contribution < 1.29 is 23.8 Å². The van der Waals surface area contributed by atoms with E-state index >= 15 is 0 Å². The number of carbonyl (C=O) groups is 2. The van der Waals surface area contributed by atoms with Gasteiger partial charge in [-0.2, -0.15) is 0 Å². The van der Waals surface area contributed by atoms with E-state index in [0.717, 1.165) is 0 Å². The standard InChI is InChI=1S/C24H24O5/c1-4-16-24(29-22(26)19-14-10-7-11-15-19)17(3)20(5-2)27-23(24)28-21(25)18-12-8-6-9-13-18/h6-15,17,20,23H,5H2,1-3H3/t17-,20-,23-,24-/m1/s1. The molecular formula is C24H24O5. The molecule has 0 amide bonds. The van der Waals surface area contributed by atoms with Gasteiger partial charge in [0, 0.05) is 5.92 Å². The Kier molecular flexibility index (Phi) is 6.36. The normalized spacial score (nSPS) is 25.6. The zero-order valence-electron chi connectivity index (χ0n) is 16.8. The number of ether oxygens (including phenoxy) is 3. The minimum atomic E-state index is -1.40. The topological polar surface area (TPSA) is 61.8 Å². The molecule has 2 aromatic carbocycles. The van der Waals surface area contributed by atoms with Gasteiger partial charge in [-0.3, -0.25) is 0 Å². The van der Waals surface area contributed by atoms with Crippen LogP contribution >= 0.6 is 0 Å². The number of carbonyl (C=O) groups excluding carboxylic acids is 2. The minimum absolute atomic E-state index is 0.270. The Labute approximate surface area is 171 Å². The van der Waals surface area contributed by atoms with E-state index in [-0.39, 0.29) is 12.0 Å². The molecule has 1 aliphatic heterocycles. The van der Waals surface area contributed by atoms with Crippen molar-refractivity contribution in [3.8, 4) is 11.8 Å².